The fourth-order valence-corrected chi connectivity index (χ4v) is 0.866. The molecule has 60 valence electrons. The molecule has 0 spiro atoms. The second-order valence-corrected chi connectivity index (χ2v) is 2.52. The van der Waals surface area contributed by atoms with Gasteiger partial charge in [0.2, 0.25) is 0 Å². The molecule has 1 atom stereocenters. The number of nitrogens with zero attached hydrogens (tertiary/aromatic N) is 2. The van der Waals surface area contributed by atoms with Gasteiger partial charge in [-0.15, -0.1) is 0 Å². The van der Waals surface area contributed by atoms with Crippen LogP contribution >= 0.6 is 0 Å². The Bertz CT molecular complexity index is 242. The van der Waals surface area contributed by atoms with Crippen LogP contribution in [0.15, 0.2) is 12.3 Å². The Kier molecular flexibility index (Phi) is 2.41. The lowest BCUT2D eigenvalue weighted by Crippen LogP contribution is -1.99. The topological polar surface area (TPSA) is 34.9 Å². The summed E-state index contributed by atoms with van der Waals surface area (Å²) in [6.45, 7) is 4.71. The number of rotatable bonds is 3. The van der Waals surface area contributed by atoms with Crippen molar-refractivity contribution in [3.05, 3.63) is 18.0 Å². The van der Waals surface area contributed by atoms with Gasteiger partial charge in [-0.25, -0.2) is 0 Å². The van der Waals surface area contributed by atoms with Gasteiger partial charge in [0.25, 0.3) is 0 Å². The molecule has 0 fully saturated rings. The summed E-state index contributed by atoms with van der Waals surface area (Å²) in [5.74, 6) is -0.0807. The van der Waals surface area contributed by atoms with Crippen molar-refractivity contribution in [1.82, 2.24) is 9.78 Å². The number of aldehydes is 1. The normalized spacial score (nSPS) is 12.9. The van der Waals surface area contributed by atoms with Gasteiger partial charge in [-0.1, -0.05) is 6.92 Å². The van der Waals surface area contributed by atoms with Gasteiger partial charge in [-0.2, -0.15) is 5.10 Å². The largest absolute Gasteiger partial charge is 0.303 e. The molecule has 0 saturated carbocycles. The SMILES string of the molecule is CCn1ccc(C(C)C=O)n1. The molecule has 0 N–H and O–H groups in total. The van der Waals surface area contributed by atoms with Gasteiger partial charge >= 0.3 is 0 Å². The standard InChI is InChI=1S/C8H12N2O/c1-3-10-5-4-8(9-10)7(2)6-11/h4-7H,3H2,1-2H3. The van der Waals surface area contributed by atoms with Crippen molar-refractivity contribution in [3.8, 4) is 0 Å². The molecule has 0 aliphatic rings. The van der Waals surface area contributed by atoms with Gasteiger partial charge in [0.1, 0.15) is 6.29 Å². The average Bonchev–Trinajstić information content (AvgIpc) is 2.50. The number of aromatic nitrogens is 2. The third-order valence-electron chi connectivity index (χ3n) is 1.66. The van der Waals surface area contributed by atoms with Gasteiger partial charge < -0.3 is 4.79 Å². The Balaban J connectivity index is 2.79. The van der Waals surface area contributed by atoms with E-state index in [9.17, 15) is 4.79 Å². The predicted octanol–water partition coefficient (Wildman–Crippen LogP) is 1.21. The van der Waals surface area contributed by atoms with Crippen LogP contribution in [0, 0.1) is 0 Å². The monoisotopic (exact) mass is 152 g/mol. The van der Waals surface area contributed by atoms with Crippen molar-refractivity contribution in [3.63, 3.8) is 0 Å². The lowest BCUT2D eigenvalue weighted by Gasteiger charge is -1.96. The van der Waals surface area contributed by atoms with Crippen molar-refractivity contribution in [1.29, 1.82) is 0 Å². The zero-order valence-corrected chi connectivity index (χ0v) is 6.82. The molecule has 0 aliphatic carbocycles. The van der Waals surface area contributed by atoms with Gasteiger partial charge in [-0.3, -0.25) is 4.68 Å². The van der Waals surface area contributed by atoms with E-state index < -0.39 is 0 Å². The summed E-state index contributed by atoms with van der Waals surface area (Å²) in [4.78, 5) is 10.4. The van der Waals surface area contributed by atoms with Crippen molar-refractivity contribution in [2.45, 2.75) is 26.3 Å². The average molecular weight is 152 g/mol. The first-order chi connectivity index (χ1) is 5.27. The minimum Gasteiger partial charge on any atom is -0.303 e. The van der Waals surface area contributed by atoms with Crippen LogP contribution in [0.1, 0.15) is 25.5 Å². The molecule has 1 aromatic heterocycles. The zero-order chi connectivity index (χ0) is 8.27. The second kappa shape index (κ2) is 3.32. The van der Waals surface area contributed by atoms with Crippen LogP contribution in [0.25, 0.3) is 0 Å². The molecule has 3 nitrogen and oxygen atoms in total. The Hall–Kier alpha value is -1.12. The van der Waals surface area contributed by atoms with Gasteiger partial charge in [0.15, 0.2) is 0 Å². The lowest BCUT2D eigenvalue weighted by atomic mass is 10.1. The smallest absolute Gasteiger partial charge is 0.128 e. The maximum atomic E-state index is 10.4. The summed E-state index contributed by atoms with van der Waals surface area (Å²) < 4.78 is 1.81. The highest BCUT2D eigenvalue weighted by Gasteiger charge is 2.05. The lowest BCUT2D eigenvalue weighted by molar-refractivity contribution is -0.108. The van der Waals surface area contributed by atoms with E-state index in [1.165, 1.54) is 0 Å². The molecular weight excluding hydrogens is 140 g/mol. The van der Waals surface area contributed by atoms with Crippen LogP contribution in [0.5, 0.6) is 0 Å². The molecule has 11 heavy (non-hydrogen) atoms. The van der Waals surface area contributed by atoms with Gasteiger partial charge in [-0.05, 0) is 13.0 Å². The maximum Gasteiger partial charge on any atom is 0.128 e. The summed E-state index contributed by atoms with van der Waals surface area (Å²) >= 11 is 0. The van der Waals surface area contributed by atoms with E-state index in [0.29, 0.717) is 0 Å². The van der Waals surface area contributed by atoms with E-state index in [0.717, 1.165) is 18.5 Å². The summed E-state index contributed by atoms with van der Waals surface area (Å²) in [5.41, 5.74) is 0.849. The van der Waals surface area contributed by atoms with Crippen molar-refractivity contribution in [2.75, 3.05) is 0 Å². The third kappa shape index (κ3) is 1.67. The van der Waals surface area contributed by atoms with E-state index in [1.807, 2.05) is 30.8 Å². The molecule has 1 rings (SSSR count). The Morgan fingerprint density at radius 3 is 3.00 bits per heavy atom. The summed E-state index contributed by atoms with van der Waals surface area (Å²) in [6.07, 6.45) is 2.79. The van der Waals surface area contributed by atoms with E-state index >= 15 is 0 Å². The van der Waals surface area contributed by atoms with E-state index in [4.69, 9.17) is 0 Å². The first kappa shape index (κ1) is 7.98. The number of hydrogen-bond acceptors (Lipinski definition) is 2. The molecule has 0 radical (unpaired) electrons. The van der Waals surface area contributed by atoms with Crippen LogP contribution in [0.4, 0.5) is 0 Å². The number of aryl methyl sites for hydroxylation is 1. The van der Waals surface area contributed by atoms with Crippen molar-refractivity contribution < 1.29 is 4.79 Å². The van der Waals surface area contributed by atoms with E-state index in [2.05, 4.69) is 5.10 Å². The maximum absolute atomic E-state index is 10.4. The van der Waals surface area contributed by atoms with Crippen LogP contribution < -0.4 is 0 Å². The number of hydrogen-bond donors (Lipinski definition) is 0. The van der Waals surface area contributed by atoms with Crippen molar-refractivity contribution in [2.24, 2.45) is 0 Å². The molecule has 3 heteroatoms. The molecule has 1 heterocycles. The van der Waals surface area contributed by atoms with E-state index in [1.54, 1.807) is 0 Å². The number of carbonyl (C=O) groups is 1. The van der Waals surface area contributed by atoms with Crippen LogP contribution in [-0.2, 0) is 11.3 Å². The Morgan fingerprint density at radius 1 is 1.82 bits per heavy atom. The molecule has 1 aromatic rings. The highest BCUT2D eigenvalue weighted by molar-refractivity contribution is 5.59. The number of carbonyl (C=O) groups excluding carboxylic acids is 1. The fourth-order valence-electron chi connectivity index (χ4n) is 0.866. The Labute approximate surface area is 66.0 Å². The van der Waals surface area contributed by atoms with Crippen LogP contribution in [-0.4, -0.2) is 16.1 Å². The van der Waals surface area contributed by atoms with E-state index in [-0.39, 0.29) is 5.92 Å². The summed E-state index contributed by atoms with van der Waals surface area (Å²) in [5, 5.41) is 4.18. The minimum atomic E-state index is -0.0807. The molecule has 0 amide bonds. The van der Waals surface area contributed by atoms with Crippen molar-refractivity contribution >= 4 is 6.29 Å². The first-order valence-corrected chi connectivity index (χ1v) is 3.76. The molecule has 0 aliphatic heterocycles. The third-order valence-corrected chi connectivity index (χ3v) is 1.66. The highest BCUT2D eigenvalue weighted by Crippen LogP contribution is 2.08. The quantitative estimate of drug-likeness (QED) is 0.610. The first-order valence-electron chi connectivity index (χ1n) is 3.76. The van der Waals surface area contributed by atoms with Gasteiger partial charge in [0, 0.05) is 12.7 Å². The molecular formula is C8H12N2O. The summed E-state index contributed by atoms with van der Waals surface area (Å²) in [6, 6.07) is 1.88. The predicted molar refractivity (Wildman–Crippen MR) is 42.4 cm³/mol. The highest BCUT2D eigenvalue weighted by atomic mass is 16.1. The van der Waals surface area contributed by atoms with Crippen LogP contribution in [0.3, 0.4) is 0 Å². The molecule has 0 aromatic carbocycles. The van der Waals surface area contributed by atoms with Crippen LogP contribution in [0.2, 0.25) is 0 Å². The molecule has 1 unspecified atom stereocenters. The molecule has 0 bridgehead atoms. The minimum absolute atomic E-state index is 0.0807. The molecule has 0 saturated heterocycles. The zero-order valence-electron chi connectivity index (χ0n) is 6.82. The Morgan fingerprint density at radius 2 is 2.55 bits per heavy atom. The van der Waals surface area contributed by atoms with Gasteiger partial charge in [0.05, 0.1) is 11.6 Å². The second-order valence-electron chi connectivity index (χ2n) is 2.52. The fraction of sp³-hybridized carbons (Fsp3) is 0.500. The summed E-state index contributed by atoms with van der Waals surface area (Å²) in [7, 11) is 0.